The number of thiophene rings is 1. The molecule has 2 aromatic heterocycles. The van der Waals surface area contributed by atoms with Gasteiger partial charge in [-0.3, -0.25) is 9.59 Å². The number of carbonyl (C=O) groups excluding carboxylic acids is 1. The first-order chi connectivity index (χ1) is 12.4. The molecule has 2 aliphatic rings. The van der Waals surface area contributed by atoms with Gasteiger partial charge >= 0.3 is 0 Å². The van der Waals surface area contributed by atoms with Crippen molar-refractivity contribution in [2.75, 3.05) is 13.6 Å². The van der Waals surface area contributed by atoms with E-state index < -0.39 is 0 Å². The van der Waals surface area contributed by atoms with Crippen molar-refractivity contribution in [1.82, 2.24) is 15.3 Å². The molecule has 2 aromatic rings. The first-order valence-electron chi connectivity index (χ1n) is 9.58. The molecule has 0 spiro atoms. The molecule has 140 valence electrons. The number of nitrogens with one attached hydrogen (secondary N) is 3. The molecule has 7 heteroatoms. The van der Waals surface area contributed by atoms with E-state index in [4.69, 9.17) is 4.98 Å². The van der Waals surface area contributed by atoms with Crippen LogP contribution in [-0.4, -0.2) is 35.5 Å². The van der Waals surface area contributed by atoms with Crippen LogP contribution in [0.2, 0.25) is 0 Å². The molecule has 3 N–H and O–H groups in total. The maximum atomic E-state index is 12.7. The predicted molar refractivity (Wildman–Crippen MR) is 103 cm³/mol. The van der Waals surface area contributed by atoms with Gasteiger partial charge in [0.2, 0.25) is 0 Å². The number of fused-ring (bicyclic) bond motifs is 3. The Morgan fingerprint density at radius 2 is 2.19 bits per heavy atom. The van der Waals surface area contributed by atoms with Crippen LogP contribution in [-0.2, 0) is 17.6 Å². The standard InChI is InChI=1S/C19H26N4O2S/c1-10-4-7-13-14(8-10)26-19-16(13)18(25)21-17(22-19)11(2)23(3)9-15(24)20-12-5-6-12/h10-12H,4-9H2,1-3H3,(H,20,24)(H,21,22,25)/p+1/t10-,11+/m0/s1. The van der Waals surface area contributed by atoms with Gasteiger partial charge in [-0.1, -0.05) is 6.92 Å². The normalized spacial score (nSPS) is 22.0. The number of hydrogen-bond donors (Lipinski definition) is 3. The highest BCUT2D eigenvalue weighted by molar-refractivity contribution is 7.18. The summed E-state index contributed by atoms with van der Waals surface area (Å²) < 4.78 is 0. The molecule has 26 heavy (non-hydrogen) atoms. The SMILES string of the molecule is C[C@H]1CCc2c(sc3nc([C@@H](C)[NH+](C)CC(=O)NC4CC4)[nH]c(=O)c23)C1. The third-order valence-electron chi connectivity index (χ3n) is 5.71. The Morgan fingerprint density at radius 1 is 1.42 bits per heavy atom. The van der Waals surface area contributed by atoms with Crippen molar-refractivity contribution >= 4 is 27.5 Å². The lowest BCUT2D eigenvalue weighted by Gasteiger charge is -2.20. The fourth-order valence-electron chi connectivity index (χ4n) is 3.72. The Kier molecular flexibility index (Phi) is 4.61. The molecule has 1 amide bonds. The van der Waals surface area contributed by atoms with Crippen LogP contribution in [0, 0.1) is 5.92 Å². The zero-order valence-electron chi connectivity index (χ0n) is 15.6. The molecule has 3 atom stereocenters. The molecule has 1 fully saturated rings. The van der Waals surface area contributed by atoms with Crippen molar-refractivity contribution in [2.24, 2.45) is 5.92 Å². The number of carbonyl (C=O) groups is 1. The van der Waals surface area contributed by atoms with Crippen molar-refractivity contribution in [3.8, 4) is 0 Å². The minimum absolute atomic E-state index is 0.0286. The highest BCUT2D eigenvalue weighted by atomic mass is 32.1. The third-order valence-corrected chi connectivity index (χ3v) is 6.86. The smallest absolute Gasteiger partial charge is 0.275 e. The number of hydrogen-bond acceptors (Lipinski definition) is 4. The van der Waals surface area contributed by atoms with Crippen molar-refractivity contribution in [1.29, 1.82) is 0 Å². The molecular formula is C19H27N4O2S+. The molecule has 0 aliphatic heterocycles. The lowest BCUT2D eigenvalue weighted by Crippen LogP contribution is -3.10. The molecule has 1 saturated carbocycles. The Hall–Kier alpha value is -1.73. The van der Waals surface area contributed by atoms with Crippen LogP contribution in [0.15, 0.2) is 4.79 Å². The Labute approximate surface area is 157 Å². The second-order valence-corrected chi connectivity index (χ2v) is 9.15. The summed E-state index contributed by atoms with van der Waals surface area (Å²) in [6, 6.07) is 0.329. The van der Waals surface area contributed by atoms with Crippen LogP contribution in [0.4, 0.5) is 0 Å². The highest BCUT2D eigenvalue weighted by Crippen LogP contribution is 2.35. The summed E-state index contributed by atoms with van der Waals surface area (Å²) >= 11 is 1.67. The number of H-pyrrole nitrogens is 1. The largest absolute Gasteiger partial charge is 0.348 e. The highest BCUT2D eigenvalue weighted by Gasteiger charge is 2.28. The predicted octanol–water partition coefficient (Wildman–Crippen LogP) is 0.964. The number of aromatic amines is 1. The van der Waals surface area contributed by atoms with E-state index in [9.17, 15) is 9.59 Å². The number of rotatable bonds is 5. The minimum atomic E-state index is -0.0462. The van der Waals surface area contributed by atoms with Gasteiger partial charge in [0.15, 0.2) is 12.4 Å². The van der Waals surface area contributed by atoms with Crippen molar-refractivity contribution in [2.45, 2.75) is 58.0 Å². The molecule has 4 rings (SSSR count). The zero-order valence-corrected chi connectivity index (χ0v) is 16.5. The summed E-state index contributed by atoms with van der Waals surface area (Å²) in [7, 11) is 1.97. The number of aryl methyl sites for hydroxylation is 1. The van der Waals surface area contributed by atoms with E-state index in [2.05, 4.69) is 17.2 Å². The van der Waals surface area contributed by atoms with Crippen LogP contribution in [0.5, 0.6) is 0 Å². The molecule has 0 saturated heterocycles. The Morgan fingerprint density at radius 3 is 2.92 bits per heavy atom. The van der Waals surface area contributed by atoms with Crippen molar-refractivity contribution in [3.05, 3.63) is 26.6 Å². The van der Waals surface area contributed by atoms with Crippen LogP contribution in [0.25, 0.3) is 10.2 Å². The number of nitrogens with zero attached hydrogens (tertiary/aromatic N) is 1. The van der Waals surface area contributed by atoms with E-state index in [1.54, 1.807) is 11.3 Å². The van der Waals surface area contributed by atoms with Gasteiger partial charge in [-0.05, 0) is 50.5 Å². The van der Waals surface area contributed by atoms with E-state index in [0.29, 0.717) is 24.3 Å². The van der Waals surface area contributed by atoms with E-state index in [0.717, 1.165) is 47.2 Å². The molecule has 6 nitrogen and oxygen atoms in total. The Balaban J connectivity index is 1.58. The van der Waals surface area contributed by atoms with Gasteiger partial charge in [-0.2, -0.15) is 0 Å². The number of likely N-dealkylation sites (N-methyl/N-ethyl adjacent to an activating group) is 1. The molecular weight excluding hydrogens is 348 g/mol. The number of quaternary nitrogens is 1. The zero-order chi connectivity index (χ0) is 18.4. The van der Waals surface area contributed by atoms with Crippen molar-refractivity contribution < 1.29 is 9.69 Å². The van der Waals surface area contributed by atoms with Gasteiger partial charge in [-0.25, -0.2) is 4.98 Å². The van der Waals surface area contributed by atoms with Gasteiger partial charge in [0.05, 0.1) is 12.4 Å². The summed E-state index contributed by atoms with van der Waals surface area (Å²) in [4.78, 5) is 35.8. The molecule has 1 unspecified atom stereocenters. The molecule has 2 aliphatic carbocycles. The van der Waals surface area contributed by atoms with E-state index in [1.165, 1.54) is 10.4 Å². The van der Waals surface area contributed by atoms with E-state index >= 15 is 0 Å². The minimum Gasteiger partial charge on any atom is -0.348 e. The van der Waals surface area contributed by atoms with Crippen LogP contribution in [0.1, 0.15) is 55.4 Å². The first kappa shape index (κ1) is 17.7. The van der Waals surface area contributed by atoms with Crippen molar-refractivity contribution in [3.63, 3.8) is 0 Å². The lowest BCUT2D eigenvalue weighted by atomic mass is 9.89. The van der Waals surface area contributed by atoms with Crippen LogP contribution >= 0.6 is 11.3 Å². The van der Waals surface area contributed by atoms with Gasteiger partial charge in [-0.15, -0.1) is 11.3 Å². The second kappa shape index (κ2) is 6.78. The number of amides is 1. The maximum absolute atomic E-state index is 12.7. The maximum Gasteiger partial charge on any atom is 0.275 e. The van der Waals surface area contributed by atoms with Gasteiger partial charge in [0.1, 0.15) is 10.9 Å². The number of aromatic nitrogens is 2. The van der Waals surface area contributed by atoms with Gasteiger partial charge in [0.25, 0.3) is 11.5 Å². The Bertz CT molecular complexity index is 899. The summed E-state index contributed by atoms with van der Waals surface area (Å²) in [5.41, 5.74) is 1.18. The summed E-state index contributed by atoms with van der Waals surface area (Å²) in [6.45, 7) is 4.67. The first-order valence-corrected chi connectivity index (χ1v) is 10.4. The summed E-state index contributed by atoms with van der Waals surface area (Å²) in [5, 5.41) is 3.81. The average Bonchev–Trinajstić information content (AvgIpc) is 3.31. The average molecular weight is 376 g/mol. The fraction of sp³-hybridized carbons (Fsp3) is 0.632. The molecule has 0 aromatic carbocycles. The quantitative estimate of drug-likeness (QED) is 0.728. The monoisotopic (exact) mass is 375 g/mol. The van der Waals surface area contributed by atoms with E-state index in [1.807, 2.05) is 14.0 Å². The summed E-state index contributed by atoms with van der Waals surface area (Å²) in [5.74, 6) is 1.42. The molecule has 0 bridgehead atoms. The second-order valence-electron chi connectivity index (χ2n) is 8.07. The van der Waals surface area contributed by atoms with E-state index in [-0.39, 0.29) is 17.5 Å². The summed E-state index contributed by atoms with van der Waals surface area (Å²) in [6.07, 6.45) is 5.34. The lowest BCUT2D eigenvalue weighted by molar-refractivity contribution is -0.903. The van der Waals surface area contributed by atoms with Gasteiger partial charge in [0, 0.05) is 10.9 Å². The van der Waals surface area contributed by atoms with Crippen LogP contribution < -0.4 is 15.8 Å². The third kappa shape index (κ3) is 3.42. The topological polar surface area (TPSA) is 79.3 Å². The van der Waals surface area contributed by atoms with Gasteiger partial charge < -0.3 is 15.2 Å². The molecule has 0 radical (unpaired) electrons. The molecule has 2 heterocycles. The fourth-order valence-corrected chi connectivity index (χ4v) is 5.11. The van der Waals surface area contributed by atoms with Crippen LogP contribution in [0.3, 0.4) is 0 Å².